The maximum absolute atomic E-state index is 12.2. The number of aryl methyl sites for hydroxylation is 2. The van der Waals surface area contributed by atoms with Gasteiger partial charge in [-0.15, -0.1) is 0 Å². The lowest BCUT2D eigenvalue weighted by molar-refractivity contribution is 0.322. The molecular formula is C20H28N4O3S. The molecule has 0 radical (unpaired) electrons. The second-order valence-corrected chi connectivity index (χ2v) is 8.07. The SMILES string of the molecule is CN=C(NCCNS(=O)(=O)c1ccc(C)cc1)NCCOc1ccc(C)cc1. The molecule has 0 saturated carbocycles. The molecule has 0 aliphatic heterocycles. The zero-order valence-corrected chi connectivity index (χ0v) is 17.3. The van der Waals surface area contributed by atoms with E-state index in [9.17, 15) is 8.42 Å². The number of ether oxygens (including phenoxy) is 1. The topological polar surface area (TPSA) is 91.8 Å². The molecule has 0 aromatic heterocycles. The normalized spacial score (nSPS) is 11.9. The first kappa shape index (κ1) is 21.7. The average Bonchev–Trinajstić information content (AvgIpc) is 2.68. The van der Waals surface area contributed by atoms with E-state index in [1.807, 2.05) is 38.1 Å². The molecule has 0 amide bonds. The molecule has 7 nitrogen and oxygen atoms in total. The number of nitrogens with one attached hydrogen (secondary N) is 3. The summed E-state index contributed by atoms with van der Waals surface area (Å²) in [5, 5.41) is 6.19. The van der Waals surface area contributed by atoms with Gasteiger partial charge in [0.1, 0.15) is 12.4 Å². The monoisotopic (exact) mass is 404 g/mol. The van der Waals surface area contributed by atoms with Crippen LogP contribution in [0.1, 0.15) is 11.1 Å². The zero-order valence-electron chi connectivity index (χ0n) is 16.5. The highest BCUT2D eigenvalue weighted by Gasteiger charge is 2.12. The average molecular weight is 405 g/mol. The number of benzene rings is 2. The van der Waals surface area contributed by atoms with Gasteiger partial charge in [0, 0.05) is 20.1 Å². The highest BCUT2D eigenvalue weighted by atomic mass is 32.2. The predicted octanol–water partition coefficient (Wildman–Crippen LogP) is 1.83. The van der Waals surface area contributed by atoms with Gasteiger partial charge in [-0.25, -0.2) is 13.1 Å². The summed E-state index contributed by atoms with van der Waals surface area (Å²) in [7, 11) is -1.85. The summed E-state index contributed by atoms with van der Waals surface area (Å²) in [6.07, 6.45) is 0. The summed E-state index contributed by atoms with van der Waals surface area (Å²) in [6, 6.07) is 14.6. The summed E-state index contributed by atoms with van der Waals surface area (Å²) < 4.78 is 32.7. The lowest BCUT2D eigenvalue weighted by atomic mass is 10.2. The van der Waals surface area contributed by atoms with Crippen LogP contribution in [-0.2, 0) is 10.0 Å². The van der Waals surface area contributed by atoms with E-state index >= 15 is 0 Å². The highest BCUT2D eigenvalue weighted by molar-refractivity contribution is 7.89. The van der Waals surface area contributed by atoms with Crippen molar-refractivity contribution in [3.63, 3.8) is 0 Å². The van der Waals surface area contributed by atoms with Gasteiger partial charge in [0.2, 0.25) is 10.0 Å². The van der Waals surface area contributed by atoms with E-state index in [-0.39, 0.29) is 11.4 Å². The van der Waals surface area contributed by atoms with Crippen LogP contribution < -0.4 is 20.1 Å². The number of rotatable bonds is 9. The van der Waals surface area contributed by atoms with E-state index in [1.165, 1.54) is 5.56 Å². The van der Waals surface area contributed by atoms with E-state index in [1.54, 1.807) is 31.3 Å². The second-order valence-electron chi connectivity index (χ2n) is 6.30. The van der Waals surface area contributed by atoms with Crippen molar-refractivity contribution in [3.05, 3.63) is 59.7 Å². The first-order valence-corrected chi connectivity index (χ1v) is 10.6. The Balaban J connectivity index is 1.66. The number of hydrogen-bond donors (Lipinski definition) is 3. The minimum Gasteiger partial charge on any atom is -0.492 e. The standard InChI is InChI=1S/C20H28N4O3S/c1-16-4-8-18(9-5-16)27-15-14-23-20(21-3)22-12-13-24-28(25,26)19-10-6-17(2)7-11-19/h4-11,24H,12-15H2,1-3H3,(H2,21,22,23). The van der Waals surface area contributed by atoms with Crippen molar-refractivity contribution in [3.8, 4) is 5.75 Å². The fourth-order valence-electron chi connectivity index (χ4n) is 2.36. The van der Waals surface area contributed by atoms with Gasteiger partial charge in [0.05, 0.1) is 11.4 Å². The molecule has 0 bridgehead atoms. The van der Waals surface area contributed by atoms with Crippen LogP contribution in [0.2, 0.25) is 0 Å². The summed E-state index contributed by atoms with van der Waals surface area (Å²) >= 11 is 0. The van der Waals surface area contributed by atoms with Gasteiger partial charge in [-0.2, -0.15) is 0 Å². The molecule has 0 spiro atoms. The van der Waals surface area contributed by atoms with E-state index in [0.717, 1.165) is 11.3 Å². The molecule has 0 aliphatic rings. The Morgan fingerprint density at radius 2 is 1.46 bits per heavy atom. The number of hydrogen-bond acceptors (Lipinski definition) is 4. The Labute approximate surface area is 167 Å². The molecule has 0 aliphatic carbocycles. The van der Waals surface area contributed by atoms with E-state index in [4.69, 9.17) is 4.74 Å². The smallest absolute Gasteiger partial charge is 0.240 e. The number of guanidine groups is 1. The van der Waals surface area contributed by atoms with Crippen molar-refractivity contribution >= 4 is 16.0 Å². The summed E-state index contributed by atoms with van der Waals surface area (Å²) in [5.41, 5.74) is 2.20. The summed E-state index contributed by atoms with van der Waals surface area (Å²) in [5.74, 6) is 1.41. The third-order valence-corrected chi connectivity index (χ3v) is 5.43. The first-order valence-electron chi connectivity index (χ1n) is 9.11. The number of nitrogens with zero attached hydrogens (tertiary/aromatic N) is 1. The molecule has 0 fully saturated rings. The molecular weight excluding hydrogens is 376 g/mol. The third kappa shape index (κ3) is 7.21. The van der Waals surface area contributed by atoms with Gasteiger partial charge in [0.25, 0.3) is 0 Å². The van der Waals surface area contributed by atoms with Crippen molar-refractivity contribution in [1.82, 2.24) is 15.4 Å². The first-order chi connectivity index (χ1) is 13.4. The Bertz CT molecular complexity index is 863. The van der Waals surface area contributed by atoms with Gasteiger partial charge in [-0.1, -0.05) is 35.4 Å². The highest BCUT2D eigenvalue weighted by Crippen LogP contribution is 2.11. The minimum atomic E-state index is -3.51. The van der Waals surface area contributed by atoms with E-state index in [0.29, 0.717) is 25.7 Å². The summed E-state index contributed by atoms with van der Waals surface area (Å²) in [6.45, 7) is 5.66. The van der Waals surface area contributed by atoms with Crippen molar-refractivity contribution in [2.45, 2.75) is 18.7 Å². The largest absolute Gasteiger partial charge is 0.492 e. The molecule has 0 atom stereocenters. The van der Waals surface area contributed by atoms with Crippen molar-refractivity contribution < 1.29 is 13.2 Å². The molecule has 2 rings (SSSR count). The van der Waals surface area contributed by atoms with Crippen LogP contribution in [-0.4, -0.2) is 47.7 Å². The van der Waals surface area contributed by atoms with Gasteiger partial charge >= 0.3 is 0 Å². The second kappa shape index (κ2) is 10.7. The molecule has 0 heterocycles. The Hall–Kier alpha value is -2.58. The quantitative estimate of drug-likeness (QED) is 0.337. The Morgan fingerprint density at radius 1 is 0.893 bits per heavy atom. The van der Waals surface area contributed by atoms with Crippen LogP contribution in [0.25, 0.3) is 0 Å². The van der Waals surface area contributed by atoms with E-state index in [2.05, 4.69) is 20.3 Å². The van der Waals surface area contributed by atoms with Crippen molar-refractivity contribution in [1.29, 1.82) is 0 Å². The van der Waals surface area contributed by atoms with Gasteiger partial charge in [-0.3, -0.25) is 4.99 Å². The molecule has 2 aromatic rings. The Kier molecular flexibility index (Phi) is 8.28. The molecule has 28 heavy (non-hydrogen) atoms. The molecule has 2 aromatic carbocycles. The van der Waals surface area contributed by atoms with Gasteiger partial charge in [-0.05, 0) is 38.1 Å². The van der Waals surface area contributed by atoms with E-state index < -0.39 is 10.0 Å². The molecule has 0 saturated heterocycles. The number of aliphatic imine (C=N–C) groups is 1. The van der Waals surface area contributed by atoms with Crippen LogP contribution in [0.15, 0.2) is 58.4 Å². The van der Waals surface area contributed by atoms with Gasteiger partial charge < -0.3 is 15.4 Å². The van der Waals surface area contributed by atoms with Crippen LogP contribution in [0, 0.1) is 13.8 Å². The lowest BCUT2D eigenvalue weighted by Gasteiger charge is -2.13. The Morgan fingerprint density at radius 3 is 2.07 bits per heavy atom. The van der Waals surface area contributed by atoms with Crippen LogP contribution in [0.3, 0.4) is 0 Å². The number of sulfonamides is 1. The maximum atomic E-state index is 12.2. The predicted molar refractivity (Wildman–Crippen MR) is 112 cm³/mol. The van der Waals surface area contributed by atoms with Crippen molar-refractivity contribution in [2.24, 2.45) is 4.99 Å². The fraction of sp³-hybridized carbons (Fsp3) is 0.350. The van der Waals surface area contributed by atoms with Crippen molar-refractivity contribution in [2.75, 3.05) is 33.3 Å². The molecule has 8 heteroatoms. The maximum Gasteiger partial charge on any atom is 0.240 e. The molecule has 152 valence electrons. The van der Waals surface area contributed by atoms with Crippen LogP contribution >= 0.6 is 0 Å². The third-order valence-electron chi connectivity index (χ3n) is 3.95. The summed E-state index contributed by atoms with van der Waals surface area (Å²) in [4.78, 5) is 4.37. The zero-order chi connectivity index (χ0) is 20.4. The van der Waals surface area contributed by atoms with Crippen LogP contribution in [0.4, 0.5) is 0 Å². The molecule has 0 unspecified atom stereocenters. The van der Waals surface area contributed by atoms with Crippen LogP contribution in [0.5, 0.6) is 5.75 Å². The van der Waals surface area contributed by atoms with Gasteiger partial charge in [0.15, 0.2) is 5.96 Å². The lowest BCUT2D eigenvalue weighted by Crippen LogP contribution is -2.42. The fourth-order valence-corrected chi connectivity index (χ4v) is 3.39. The molecule has 3 N–H and O–H groups in total. The minimum absolute atomic E-state index is 0.247.